The number of carboxylic acid groups (broad SMARTS) is 1. The van der Waals surface area contributed by atoms with Gasteiger partial charge >= 0.3 is 16.3 Å². The van der Waals surface area contributed by atoms with Crippen LogP contribution in [0.4, 0.5) is 4.79 Å². The Labute approximate surface area is 88.6 Å². The maximum Gasteiger partial charge on any atom is 0.419 e. The highest BCUT2D eigenvalue weighted by atomic mass is 32.2. The van der Waals surface area contributed by atoms with Crippen LogP contribution in [0.3, 0.4) is 0 Å². The first-order valence-corrected chi connectivity index (χ1v) is 6.20. The molecule has 0 aromatic carbocycles. The molecule has 1 aliphatic rings. The van der Waals surface area contributed by atoms with Gasteiger partial charge < -0.3 is 10.0 Å². The van der Waals surface area contributed by atoms with Crippen LogP contribution >= 0.6 is 0 Å². The molecule has 15 heavy (non-hydrogen) atoms. The number of nitrogens with zero attached hydrogens (tertiary/aromatic N) is 1. The highest BCUT2D eigenvalue weighted by Gasteiger charge is 2.14. The number of carbonyl (C=O) groups is 1. The van der Waals surface area contributed by atoms with Gasteiger partial charge in [-0.1, -0.05) is 0 Å². The SMILES string of the molecule is O=C(O)NS(=O)(=O)NCCN1CCCC1. The zero-order valence-corrected chi connectivity index (χ0v) is 9.09. The van der Waals surface area contributed by atoms with Crippen molar-refractivity contribution in [2.24, 2.45) is 0 Å². The van der Waals surface area contributed by atoms with Crippen molar-refractivity contribution in [1.82, 2.24) is 14.3 Å². The number of hydrogen-bond acceptors (Lipinski definition) is 4. The predicted molar refractivity (Wildman–Crippen MR) is 53.8 cm³/mol. The average Bonchev–Trinajstić information content (AvgIpc) is 2.53. The zero-order chi connectivity index (χ0) is 11.3. The summed E-state index contributed by atoms with van der Waals surface area (Å²) < 4.78 is 25.5. The van der Waals surface area contributed by atoms with E-state index in [0.29, 0.717) is 6.54 Å². The molecule has 7 nitrogen and oxygen atoms in total. The van der Waals surface area contributed by atoms with E-state index < -0.39 is 16.3 Å². The molecular formula is C7H15N3O4S. The van der Waals surface area contributed by atoms with Gasteiger partial charge in [-0.05, 0) is 25.9 Å². The lowest BCUT2D eigenvalue weighted by atomic mass is 10.4. The minimum atomic E-state index is -3.90. The zero-order valence-electron chi connectivity index (χ0n) is 8.27. The molecule has 1 fully saturated rings. The Hall–Kier alpha value is -0.860. The lowest BCUT2D eigenvalue weighted by molar-refractivity contribution is 0.201. The first-order chi connectivity index (χ1) is 6.99. The first-order valence-electron chi connectivity index (χ1n) is 4.72. The summed E-state index contributed by atoms with van der Waals surface area (Å²) >= 11 is 0. The van der Waals surface area contributed by atoms with E-state index in [1.54, 1.807) is 0 Å². The van der Waals surface area contributed by atoms with Gasteiger partial charge in [-0.2, -0.15) is 13.1 Å². The van der Waals surface area contributed by atoms with Crippen molar-refractivity contribution >= 4 is 16.3 Å². The molecule has 1 saturated heterocycles. The second-order valence-corrected chi connectivity index (χ2v) is 4.85. The van der Waals surface area contributed by atoms with Gasteiger partial charge in [0, 0.05) is 13.1 Å². The number of amides is 1. The topological polar surface area (TPSA) is 98.7 Å². The summed E-state index contributed by atoms with van der Waals surface area (Å²) in [5.74, 6) is 0. The van der Waals surface area contributed by atoms with Crippen LogP contribution in [0.25, 0.3) is 0 Å². The van der Waals surface area contributed by atoms with Crippen molar-refractivity contribution in [2.45, 2.75) is 12.8 Å². The smallest absolute Gasteiger partial charge is 0.419 e. The Morgan fingerprint density at radius 2 is 1.93 bits per heavy atom. The number of likely N-dealkylation sites (tertiary alicyclic amines) is 1. The van der Waals surface area contributed by atoms with Crippen molar-refractivity contribution in [2.75, 3.05) is 26.2 Å². The van der Waals surface area contributed by atoms with Crippen molar-refractivity contribution in [1.29, 1.82) is 0 Å². The summed E-state index contributed by atoms with van der Waals surface area (Å²) in [7, 11) is -3.90. The normalized spacial score (nSPS) is 17.9. The van der Waals surface area contributed by atoms with Gasteiger partial charge in [-0.15, -0.1) is 0 Å². The van der Waals surface area contributed by atoms with E-state index in [1.165, 1.54) is 4.72 Å². The fraction of sp³-hybridized carbons (Fsp3) is 0.857. The van der Waals surface area contributed by atoms with Crippen LogP contribution in [0.15, 0.2) is 0 Å². The van der Waals surface area contributed by atoms with E-state index in [4.69, 9.17) is 5.11 Å². The first kappa shape index (κ1) is 12.2. The van der Waals surface area contributed by atoms with Crippen LogP contribution in [-0.4, -0.2) is 50.7 Å². The molecule has 1 amide bonds. The van der Waals surface area contributed by atoms with E-state index in [0.717, 1.165) is 25.9 Å². The number of nitrogens with one attached hydrogen (secondary N) is 2. The third kappa shape index (κ3) is 4.96. The quantitative estimate of drug-likeness (QED) is 0.580. The summed E-state index contributed by atoms with van der Waals surface area (Å²) in [5, 5.41) is 8.22. The fourth-order valence-electron chi connectivity index (χ4n) is 1.50. The molecule has 1 aliphatic heterocycles. The van der Waals surface area contributed by atoms with E-state index in [9.17, 15) is 13.2 Å². The summed E-state index contributed by atoms with van der Waals surface area (Å²) in [6, 6.07) is 0. The standard InChI is InChI=1S/C7H15N3O4S/c11-7(12)9-15(13,14)8-3-6-10-4-1-2-5-10/h8-9H,1-6H2,(H,11,12). The molecule has 0 aromatic heterocycles. The minimum absolute atomic E-state index is 0.225. The second-order valence-electron chi connectivity index (χ2n) is 3.35. The van der Waals surface area contributed by atoms with Crippen LogP contribution in [-0.2, 0) is 10.2 Å². The molecule has 8 heteroatoms. The summed E-state index contributed by atoms with van der Waals surface area (Å²) in [6.07, 6.45) is 0.698. The van der Waals surface area contributed by atoms with Gasteiger partial charge in [0.2, 0.25) is 0 Å². The fourth-order valence-corrected chi connectivity index (χ4v) is 2.16. The number of rotatable bonds is 5. The molecule has 0 radical (unpaired) electrons. The molecule has 0 bridgehead atoms. The Bertz CT molecular complexity index is 310. The maximum atomic E-state index is 11.0. The molecular weight excluding hydrogens is 222 g/mol. The highest BCUT2D eigenvalue weighted by Crippen LogP contribution is 2.05. The van der Waals surface area contributed by atoms with Crippen LogP contribution in [0.1, 0.15) is 12.8 Å². The Morgan fingerprint density at radius 3 is 2.47 bits per heavy atom. The van der Waals surface area contributed by atoms with Gasteiger partial charge in [-0.3, -0.25) is 0 Å². The maximum absolute atomic E-state index is 11.0. The van der Waals surface area contributed by atoms with Crippen molar-refractivity contribution < 1.29 is 18.3 Å². The van der Waals surface area contributed by atoms with Crippen LogP contribution in [0.2, 0.25) is 0 Å². The largest absolute Gasteiger partial charge is 0.464 e. The molecule has 0 saturated carbocycles. The predicted octanol–water partition coefficient (Wildman–Crippen LogP) is -0.816. The molecule has 88 valence electrons. The highest BCUT2D eigenvalue weighted by molar-refractivity contribution is 7.88. The molecule has 3 N–H and O–H groups in total. The van der Waals surface area contributed by atoms with Crippen LogP contribution < -0.4 is 9.44 Å². The molecule has 1 rings (SSSR count). The Morgan fingerprint density at radius 1 is 1.33 bits per heavy atom. The summed E-state index contributed by atoms with van der Waals surface area (Å²) in [5.41, 5.74) is 0. The summed E-state index contributed by atoms with van der Waals surface area (Å²) in [6.45, 7) is 2.80. The van der Waals surface area contributed by atoms with Gasteiger partial charge in [0.25, 0.3) is 0 Å². The van der Waals surface area contributed by atoms with Gasteiger partial charge in [0.15, 0.2) is 0 Å². The van der Waals surface area contributed by atoms with Gasteiger partial charge in [-0.25, -0.2) is 9.52 Å². The molecule has 0 aliphatic carbocycles. The molecule has 0 atom stereocenters. The third-order valence-electron chi connectivity index (χ3n) is 2.14. The van der Waals surface area contributed by atoms with E-state index in [2.05, 4.69) is 9.62 Å². The van der Waals surface area contributed by atoms with E-state index >= 15 is 0 Å². The summed E-state index contributed by atoms with van der Waals surface area (Å²) in [4.78, 5) is 12.2. The van der Waals surface area contributed by atoms with E-state index in [1.807, 2.05) is 0 Å². The van der Waals surface area contributed by atoms with Crippen molar-refractivity contribution in [3.05, 3.63) is 0 Å². The number of hydrogen-bond donors (Lipinski definition) is 3. The van der Waals surface area contributed by atoms with Gasteiger partial charge in [0.1, 0.15) is 0 Å². The van der Waals surface area contributed by atoms with Crippen LogP contribution in [0.5, 0.6) is 0 Å². The molecule has 0 unspecified atom stereocenters. The lowest BCUT2D eigenvalue weighted by Crippen LogP contribution is -2.42. The average molecular weight is 237 g/mol. The molecule has 1 heterocycles. The van der Waals surface area contributed by atoms with Gasteiger partial charge in [0.05, 0.1) is 0 Å². The Kier molecular flexibility index (Phi) is 4.30. The minimum Gasteiger partial charge on any atom is -0.464 e. The molecule has 0 spiro atoms. The third-order valence-corrected chi connectivity index (χ3v) is 3.17. The van der Waals surface area contributed by atoms with E-state index in [-0.39, 0.29) is 6.54 Å². The second kappa shape index (κ2) is 5.29. The van der Waals surface area contributed by atoms with Crippen molar-refractivity contribution in [3.8, 4) is 0 Å². The van der Waals surface area contributed by atoms with Crippen molar-refractivity contribution in [3.63, 3.8) is 0 Å². The van der Waals surface area contributed by atoms with Crippen LogP contribution in [0, 0.1) is 0 Å². The molecule has 0 aromatic rings. The monoisotopic (exact) mass is 237 g/mol. The Balaban J connectivity index is 2.20. The lowest BCUT2D eigenvalue weighted by Gasteiger charge is -2.14.